The number of hydrogen-bond donors (Lipinski definition) is 2. The van der Waals surface area contributed by atoms with Crippen molar-refractivity contribution in [1.82, 2.24) is 10.2 Å². The predicted octanol–water partition coefficient (Wildman–Crippen LogP) is 2.20. The van der Waals surface area contributed by atoms with Gasteiger partial charge in [0, 0.05) is 25.2 Å². The Hall–Kier alpha value is -0.610. The van der Waals surface area contributed by atoms with Crippen LogP contribution < -0.4 is 5.32 Å². The molecular formula is C15H30N2O2. The van der Waals surface area contributed by atoms with Crippen LogP contribution in [0.1, 0.15) is 47.0 Å². The Balaban J connectivity index is 2.52. The molecule has 0 aromatic carbocycles. The summed E-state index contributed by atoms with van der Waals surface area (Å²) in [6.45, 7) is 11.5. The normalized spacial score (nSPS) is 26.6. The third-order valence-electron chi connectivity index (χ3n) is 4.20. The third-order valence-corrected chi connectivity index (χ3v) is 4.20. The first kappa shape index (κ1) is 16.4. The summed E-state index contributed by atoms with van der Waals surface area (Å²) in [4.78, 5) is 13.6. The highest BCUT2D eigenvalue weighted by Crippen LogP contribution is 2.20. The average molecular weight is 270 g/mol. The molecule has 0 aromatic heterocycles. The molecule has 1 aliphatic heterocycles. The fraction of sp³-hybridized carbons (Fsp3) is 0.933. The van der Waals surface area contributed by atoms with Crippen LogP contribution in [0.2, 0.25) is 0 Å². The molecule has 0 saturated carbocycles. The second kappa shape index (κ2) is 7.85. The van der Waals surface area contributed by atoms with E-state index >= 15 is 0 Å². The molecule has 0 spiro atoms. The SMILES string of the molecule is CCC(C)N1CC(NCCC(C)C)CC(C(=O)O)C1. The molecule has 2 N–H and O–H groups in total. The summed E-state index contributed by atoms with van der Waals surface area (Å²) in [5, 5.41) is 12.8. The van der Waals surface area contributed by atoms with E-state index in [4.69, 9.17) is 0 Å². The van der Waals surface area contributed by atoms with Crippen LogP contribution in [0.4, 0.5) is 0 Å². The highest BCUT2D eigenvalue weighted by molar-refractivity contribution is 5.70. The molecule has 3 unspecified atom stereocenters. The second-order valence-electron chi connectivity index (χ2n) is 6.32. The molecule has 0 bridgehead atoms. The van der Waals surface area contributed by atoms with E-state index in [1.165, 1.54) is 0 Å². The lowest BCUT2D eigenvalue weighted by Crippen LogP contribution is -2.53. The Bertz CT molecular complexity index is 281. The smallest absolute Gasteiger partial charge is 0.307 e. The minimum absolute atomic E-state index is 0.223. The van der Waals surface area contributed by atoms with Gasteiger partial charge in [-0.25, -0.2) is 0 Å². The van der Waals surface area contributed by atoms with Gasteiger partial charge in [0.05, 0.1) is 5.92 Å². The van der Waals surface area contributed by atoms with Crippen molar-refractivity contribution in [2.75, 3.05) is 19.6 Å². The average Bonchev–Trinajstić information content (AvgIpc) is 2.37. The van der Waals surface area contributed by atoms with Crippen LogP contribution in [-0.4, -0.2) is 47.7 Å². The molecule has 1 fully saturated rings. The van der Waals surface area contributed by atoms with Crippen molar-refractivity contribution < 1.29 is 9.90 Å². The number of carboxylic acids is 1. The zero-order chi connectivity index (χ0) is 14.4. The molecule has 1 aliphatic rings. The highest BCUT2D eigenvalue weighted by Gasteiger charge is 2.32. The summed E-state index contributed by atoms with van der Waals surface area (Å²) in [5.74, 6) is -0.181. The zero-order valence-corrected chi connectivity index (χ0v) is 12.9. The van der Waals surface area contributed by atoms with Crippen LogP contribution in [0, 0.1) is 11.8 Å². The maximum Gasteiger partial charge on any atom is 0.307 e. The first-order valence-electron chi connectivity index (χ1n) is 7.64. The van der Waals surface area contributed by atoms with Gasteiger partial charge in [-0.15, -0.1) is 0 Å². The van der Waals surface area contributed by atoms with E-state index in [1.807, 2.05) is 0 Å². The van der Waals surface area contributed by atoms with Gasteiger partial charge in [-0.3, -0.25) is 9.69 Å². The Morgan fingerprint density at radius 2 is 2.05 bits per heavy atom. The molecular weight excluding hydrogens is 240 g/mol. The van der Waals surface area contributed by atoms with E-state index in [9.17, 15) is 9.90 Å². The lowest BCUT2D eigenvalue weighted by atomic mass is 9.92. The van der Waals surface area contributed by atoms with E-state index < -0.39 is 5.97 Å². The van der Waals surface area contributed by atoms with Crippen LogP contribution >= 0.6 is 0 Å². The first-order valence-corrected chi connectivity index (χ1v) is 7.64. The number of piperidine rings is 1. The number of carbonyl (C=O) groups is 1. The monoisotopic (exact) mass is 270 g/mol. The van der Waals surface area contributed by atoms with Gasteiger partial charge in [-0.2, -0.15) is 0 Å². The summed E-state index contributed by atoms with van der Waals surface area (Å²) in [6, 6.07) is 0.791. The van der Waals surface area contributed by atoms with Gasteiger partial charge in [0.15, 0.2) is 0 Å². The molecule has 1 heterocycles. The van der Waals surface area contributed by atoms with Gasteiger partial charge in [0.2, 0.25) is 0 Å². The molecule has 4 heteroatoms. The predicted molar refractivity (Wildman–Crippen MR) is 78.3 cm³/mol. The van der Waals surface area contributed by atoms with Crippen LogP contribution in [0.5, 0.6) is 0 Å². The van der Waals surface area contributed by atoms with Gasteiger partial charge in [-0.05, 0) is 38.6 Å². The molecule has 0 amide bonds. The summed E-state index contributed by atoms with van der Waals surface area (Å²) >= 11 is 0. The maximum absolute atomic E-state index is 11.3. The van der Waals surface area contributed by atoms with Crippen LogP contribution in [0.3, 0.4) is 0 Å². The number of carboxylic acid groups (broad SMARTS) is 1. The van der Waals surface area contributed by atoms with E-state index in [1.54, 1.807) is 0 Å². The molecule has 0 radical (unpaired) electrons. The van der Waals surface area contributed by atoms with E-state index in [-0.39, 0.29) is 5.92 Å². The minimum Gasteiger partial charge on any atom is -0.481 e. The number of likely N-dealkylation sites (tertiary alicyclic amines) is 1. The Kier molecular flexibility index (Phi) is 6.80. The molecule has 4 nitrogen and oxygen atoms in total. The molecule has 1 saturated heterocycles. The van der Waals surface area contributed by atoms with Crippen molar-refractivity contribution in [1.29, 1.82) is 0 Å². The largest absolute Gasteiger partial charge is 0.481 e. The van der Waals surface area contributed by atoms with Gasteiger partial charge >= 0.3 is 5.97 Å². The Morgan fingerprint density at radius 1 is 1.37 bits per heavy atom. The number of aliphatic carboxylic acids is 1. The van der Waals surface area contributed by atoms with Crippen molar-refractivity contribution in [2.24, 2.45) is 11.8 Å². The highest BCUT2D eigenvalue weighted by atomic mass is 16.4. The number of nitrogens with one attached hydrogen (secondary N) is 1. The van der Waals surface area contributed by atoms with Gasteiger partial charge in [-0.1, -0.05) is 20.8 Å². The quantitative estimate of drug-likeness (QED) is 0.744. The van der Waals surface area contributed by atoms with Gasteiger partial charge in [0.25, 0.3) is 0 Å². The number of nitrogens with zero attached hydrogens (tertiary/aromatic N) is 1. The second-order valence-corrected chi connectivity index (χ2v) is 6.32. The van der Waals surface area contributed by atoms with Crippen LogP contribution in [0.15, 0.2) is 0 Å². The lowest BCUT2D eigenvalue weighted by molar-refractivity contribution is -0.144. The molecule has 0 aromatic rings. The lowest BCUT2D eigenvalue weighted by Gasteiger charge is -2.39. The van der Waals surface area contributed by atoms with Crippen LogP contribution in [-0.2, 0) is 4.79 Å². The zero-order valence-electron chi connectivity index (χ0n) is 12.9. The fourth-order valence-corrected chi connectivity index (χ4v) is 2.65. The topological polar surface area (TPSA) is 52.6 Å². The molecule has 19 heavy (non-hydrogen) atoms. The fourth-order valence-electron chi connectivity index (χ4n) is 2.65. The molecule has 1 rings (SSSR count). The summed E-state index contributed by atoms with van der Waals surface area (Å²) in [6.07, 6.45) is 2.99. The van der Waals surface area contributed by atoms with E-state index in [0.29, 0.717) is 24.5 Å². The Labute approximate surface area is 117 Å². The number of rotatable bonds is 7. The molecule has 112 valence electrons. The van der Waals surface area contributed by atoms with Crippen molar-refractivity contribution in [3.05, 3.63) is 0 Å². The third kappa shape index (κ3) is 5.49. The van der Waals surface area contributed by atoms with Crippen molar-refractivity contribution in [2.45, 2.75) is 59.0 Å². The van der Waals surface area contributed by atoms with Gasteiger partial charge in [0.1, 0.15) is 0 Å². The van der Waals surface area contributed by atoms with Crippen molar-refractivity contribution >= 4 is 5.97 Å². The van der Waals surface area contributed by atoms with E-state index in [2.05, 4.69) is 37.9 Å². The summed E-state index contributed by atoms with van der Waals surface area (Å²) < 4.78 is 0. The first-order chi connectivity index (χ1) is 8.93. The summed E-state index contributed by atoms with van der Waals surface area (Å²) in [5.41, 5.74) is 0. The maximum atomic E-state index is 11.3. The molecule has 0 aliphatic carbocycles. The van der Waals surface area contributed by atoms with E-state index in [0.717, 1.165) is 32.4 Å². The van der Waals surface area contributed by atoms with Gasteiger partial charge < -0.3 is 10.4 Å². The number of hydrogen-bond acceptors (Lipinski definition) is 3. The molecule has 3 atom stereocenters. The summed E-state index contributed by atoms with van der Waals surface area (Å²) in [7, 11) is 0. The standard InChI is InChI=1S/C15H30N2O2/c1-5-12(4)17-9-13(15(18)19)8-14(10-17)16-7-6-11(2)3/h11-14,16H,5-10H2,1-4H3,(H,18,19). The van der Waals surface area contributed by atoms with Crippen molar-refractivity contribution in [3.8, 4) is 0 Å². The van der Waals surface area contributed by atoms with Crippen LogP contribution in [0.25, 0.3) is 0 Å². The minimum atomic E-state index is -0.649. The Morgan fingerprint density at radius 3 is 2.58 bits per heavy atom. The van der Waals surface area contributed by atoms with Crippen molar-refractivity contribution in [3.63, 3.8) is 0 Å².